The number of rotatable bonds is 6. The molecule has 1 N–H and O–H groups in total. The van der Waals surface area contributed by atoms with Crippen LogP contribution in [-0.2, 0) is 14.3 Å². The van der Waals surface area contributed by atoms with Gasteiger partial charge in [0, 0.05) is 24.0 Å². The molecule has 1 atom stereocenters. The summed E-state index contributed by atoms with van der Waals surface area (Å²) in [6, 6.07) is 10.6. The molecule has 4 rings (SSSR count). The van der Waals surface area contributed by atoms with Crippen molar-refractivity contribution in [3.8, 4) is 10.6 Å². The van der Waals surface area contributed by atoms with Gasteiger partial charge < -0.3 is 15.0 Å². The third kappa shape index (κ3) is 4.27. The number of anilines is 2. The number of thiazole rings is 1. The van der Waals surface area contributed by atoms with Gasteiger partial charge in [0.2, 0.25) is 11.8 Å². The molecule has 1 aromatic carbocycles. The molecular formula is C21H19N3O4S2. The Labute approximate surface area is 181 Å². The molecule has 3 aromatic rings. The number of ether oxygens (including phenoxy) is 1. The molecular weight excluding hydrogens is 422 g/mol. The van der Waals surface area contributed by atoms with Gasteiger partial charge in [0.1, 0.15) is 0 Å². The van der Waals surface area contributed by atoms with E-state index >= 15 is 0 Å². The van der Waals surface area contributed by atoms with Crippen LogP contribution in [-0.4, -0.2) is 35.9 Å². The molecule has 1 saturated heterocycles. The maximum Gasteiger partial charge on any atom is 0.338 e. The van der Waals surface area contributed by atoms with E-state index in [4.69, 9.17) is 4.74 Å². The number of benzene rings is 1. The van der Waals surface area contributed by atoms with Crippen molar-refractivity contribution >= 4 is 51.3 Å². The summed E-state index contributed by atoms with van der Waals surface area (Å²) in [6.45, 7) is 2.33. The quantitative estimate of drug-likeness (QED) is 0.583. The Kier molecular flexibility index (Phi) is 5.91. The molecule has 1 fully saturated rings. The van der Waals surface area contributed by atoms with Crippen molar-refractivity contribution in [3.05, 3.63) is 52.7 Å². The lowest BCUT2D eigenvalue weighted by Crippen LogP contribution is -2.28. The van der Waals surface area contributed by atoms with E-state index in [1.807, 2.05) is 22.9 Å². The number of thiophene rings is 1. The second-order valence-corrected chi connectivity index (χ2v) is 8.48. The zero-order chi connectivity index (χ0) is 21.1. The van der Waals surface area contributed by atoms with Crippen LogP contribution in [0.4, 0.5) is 10.8 Å². The lowest BCUT2D eigenvalue weighted by atomic mass is 10.1. The van der Waals surface area contributed by atoms with E-state index in [1.54, 1.807) is 47.4 Å². The van der Waals surface area contributed by atoms with Gasteiger partial charge in [-0.25, -0.2) is 9.78 Å². The number of aromatic nitrogens is 1. The number of nitrogens with zero attached hydrogens (tertiary/aromatic N) is 2. The van der Waals surface area contributed by atoms with Crippen LogP contribution in [0.2, 0.25) is 0 Å². The molecule has 2 aromatic heterocycles. The molecule has 9 heteroatoms. The molecule has 154 valence electrons. The largest absolute Gasteiger partial charge is 0.462 e. The highest BCUT2D eigenvalue weighted by atomic mass is 32.1. The first-order valence-corrected chi connectivity index (χ1v) is 11.2. The minimum absolute atomic E-state index is 0.127. The van der Waals surface area contributed by atoms with Crippen molar-refractivity contribution < 1.29 is 19.1 Å². The van der Waals surface area contributed by atoms with Crippen molar-refractivity contribution in [2.75, 3.05) is 23.4 Å². The number of hydrogen-bond acceptors (Lipinski definition) is 7. The van der Waals surface area contributed by atoms with E-state index in [1.165, 1.54) is 11.3 Å². The number of hydrogen-bond donors (Lipinski definition) is 1. The third-order valence-electron chi connectivity index (χ3n) is 4.69. The fraction of sp³-hybridized carbons (Fsp3) is 0.238. The van der Waals surface area contributed by atoms with Gasteiger partial charge in [-0.15, -0.1) is 22.7 Å². The fourth-order valence-electron chi connectivity index (χ4n) is 3.20. The summed E-state index contributed by atoms with van der Waals surface area (Å²) in [5.41, 5.74) is 1.90. The molecule has 30 heavy (non-hydrogen) atoms. The Morgan fingerprint density at radius 2 is 2.03 bits per heavy atom. The Bertz CT molecular complexity index is 1060. The molecule has 1 unspecified atom stereocenters. The number of carbonyl (C=O) groups excluding carboxylic acids is 3. The van der Waals surface area contributed by atoms with E-state index in [9.17, 15) is 14.4 Å². The predicted octanol–water partition coefficient (Wildman–Crippen LogP) is 4.04. The summed E-state index contributed by atoms with van der Waals surface area (Å²) in [5.74, 6) is -1.21. The van der Waals surface area contributed by atoms with Gasteiger partial charge in [-0.3, -0.25) is 9.59 Å². The first kappa shape index (κ1) is 20.2. The highest BCUT2D eigenvalue weighted by Crippen LogP contribution is 2.30. The van der Waals surface area contributed by atoms with E-state index in [0.717, 1.165) is 10.6 Å². The summed E-state index contributed by atoms with van der Waals surface area (Å²) in [5, 5.41) is 7.23. The fourth-order valence-corrected chi connectivity index (χ4v) is 4.68. The van der Waals surface area contributed by atoms with E-state index < -0.39 is 11.9 Å². The van der Waals surface area contributed by atoms with Crippen LogP contribution in [0.1, 0.15) is 23.7 Å². The molecule has 1 aliphatic rings. The average Bonchev–Trinajstić information content (AvgIpc) is 3.49. The van der Waals surface area contributed by atoms with Crippen molar-refractivity contribution in [2.45, 2.75) is 13.3 Å². The monoisotopic (exact) mass is 441 g/mol. The molecule has 0 bridgehead atoms. The Hall–Kier alpha value is -3.04. The van der Waals surface area contributed by atoms with E-state index in [2.05, 4.69) is 10.3 Å². The lowest BCUT2D eigenvalue weighted by molar-refractivity contribution is -0.122. The number of carbonyl (C=O) groups is 3. The maximum absolute atomic E-state index is 12.7. The molecule has 3 heterocycles. The van der Waals surface area contributed by atoms with Gasteiger partial charge >= 0.3 is 5.97 Å². The van der Waals surface area contributed by atoms with Crippen LogP contribution in [0.5, 0.6) is 0 Å². The van der Waals surface area contributed by atoms with Crippen molar-refractivity contribution in [1.82, 2.24) is 4.98 Å². The lowest BCUT2D eigenvalue weighted by Gasteiger charge is -2.17. The van der Waals surface area contributed by atoms with Crippen LogP contribution in [0, 0.1) is 5.92 Å². The Balaban J connectivity index is 1.39. The second-order valence-electron chi connectivity index (χ2n) is 6.68. The predicted molar refractivity (Wildman–Crippen MR) is 117 cm³/mol. The van der Waals surface area contributed by atoms with Crippen LogP contribution in [0.15, 0.2) is 47.2 Å². The average molecular weight is 442 g/mol. The number of esters is 1. The molecule has 0 aliphatic carbocycles. The first-order chi connectivity index (χ1) is 14.5. The van der Waals surface area contributed by atoms with Gasteiger partial charge in [-0.2, -0.15) is 0 Å². The van der Waals surface area contributed by atoms with Crippen molar-refractivity contribution in [2.24, 2.45) is 5.92 Å². The third-order valence-corrected chi connectivity index (χ3v) is 6.34. The van der Waals surface area contributed by atoms with Crippen LogP contribution in [0.25, 0.3) is 10.6 Å². The van der Waals surface area contributed by atoms with Crippen LogP contribution < -0.4 is 10.2 Å². The minimum Gasteiger partial charge on any atom is -0.462 e. The summed E-state index contributed by atoms with van der Waals surface area (Å²) in [7, 11) is 0. The van der Waals surface area contributed by atoms with Gasteiger partial charge in [-0.1, -0.05) is 6.07 Å². The van der Waals surface area contributed by atoms with Gasteiger partial charge in [0.25, 0.3) is 0 Å². The van der Waals surface area contributed by atoms with Crippen molar-refractivity contribution in [1.29, 1.82) is 0 Å². The summed E-state index contributed by atoms with van der Waals surface area (Å²) in [4.78, 5) is 44.0. The Morgan fingerprint density at radius 3 is 2.73 bits per heavy atom. The Morgan fingerprint density at radius 1 is 1.23 bits per heavy atom. The first-order valence-electron chi connectivity index (χ1n) is 9.43. The zero-order valence-electron chi connectivity index (χ0n) is 16.2. The van der Waals surface area contributed by atoms with E-state index in [0.29, 0.717) is 23.0 Å². The van der Waals surface area contributed by atoms with E-state index in [-0.39, 0.29) is 24.8 Å². The topological polar surface area (TPSA) is 88.6 Å². The normalized spacial score (nSPS) is 16.0. The highest BCUT2D eigenvalue weighted by Gasteiger charge is 2.35. The van der Waals surface area contributed by atoms with Crippen LogP contribution >= 0.6 is 22.7 Å². The minimum atomic E-state index is -0.462. The second kappa shape index (κ2) is 8.76. The standard InChI is InChI=1S/C21H19N3O4S2/c1-2-28-20(27)13-5-7-15(8-6-13)24-11-14(10-18(24)25)19(26)23-21-22-16(12-30-21)17-4-3-9-29-17/h3-9,12,14H,2,10-11H2,1H3,(H,22,23,26). The highest BCUT2D eigenvalue weighted by molar-refractivity contribution is 7.16. The molecule has 0 saturated carbocycles. The molecule has 7 nitrogen and oxygen atoms in total. The molecule has 0 radical (unpaired) electrons. The molecule has 2 amide bonds. The number of nitrogens with one attached hydrogen (secondary N) is 1. The zero-order valence-corrected chi connectivity index (χ0v) is 17.8. The molecule has 1 aliphatic heterocycles. The summed E-state index contributed by atoms with van der Waals surface area (Å²) in [6.07, 6.45) is 0.134. The van der Waals surface area contributed by atoms with Gasteiger partial charge in [0.15, 0.2) is 5.13 Å². The summed E-state index contributed by atoms with van der Waals surface area (Å²) < 4.78 is 4.97. The van der Waals surface area contributed by atoms with Crippen LogP contribution in [0.3, 0.4) is 0 Å². The summed E-state index contributed by atoms with van der Waals surface area (Å²) >= 11 is 2.95. The van der Waals surface area contributed by atoms with Crippen molar-refractivity contribution in [3.63, 3.8) is 0 Å². The smallest absolute Gasteiger partial charge is 0.338 e. The van der Waals surface area contributed by atoms with Gasteiger partial charge in [0.05, 0.1) is 28.7 Å². The number of amides is 2. The maximum atomic E-state index is 12.7. The molecule has 0 spiro atoms. The SMILES string of the molecule is CCOC(=O)c1ccc(N2CC(C(=O)Nc3nc(-c4cccs4)cs3)CC2=O)cc1. The van der Waals surface area contributed by atoms with Gasteiger partial charge in [-0.05, 0) is 42.6 Å².